The molecule has 9 heteroatoms. The maximum atomic E-state index is 11.9. The van der Waals surface area contributed by atoms with Gasteiger partial charge in [-0.2, -0.15) is 0 Å². The Bertz CT molecular complexity index is 666. The number of aromatic nitrogens is 2. The van der Waals surface area contributed by atoms with E-state index in [0.29, 0.717) is 10.6 Å². The highest BCUT2D eigenvalue weighted by Gasteiger charge is 2.17. The molecule has 0 saturated carbocycles. The average Bonchev–Trinajstić information content (AvgIpc) is 3.01. The Balaban J connectivity index is 1.98. The number of hydrogen-bond acceptors (Lipinski definition) is 8. The Labute approximate surface area is 133 Å². The van der Waals surface area contributed by atoms with E-state index in [2.05, 4.69) is 15.5 Å². The van der Waals surface area contributed by atoms with Gasteiger partial charge >= 0.3 is 5.97 Å². The molecule has 0 bridgehead atoms. The zero-order valence-electron chi connectivity index (χ0n) is 11.6. The monoisotopic (exact) mass is 343 g/mol. The van der Waals surface area contributed by atoms with Crippen LogP contribution in [0, 0.1) is 13.8 Å². The van der Waals surface area contributed by atoms with Crippen molar-refractivity contribution >= 4 is 51.3 Å². The molecule has 0 unspecified atom stereocenters. The second kappa shape index (κ2) is 7.01. The van der Waals surface area contributed by atoms with E-state index in [1.807, 2.05) is 13.8 Å². The van der Waals surface area contributed by atoms with Gasteiger partial charge in [-0.15, -0.1) is 21.5 Å². The number of esters is 1. The van der Waals surface area contributed by atoms with Crippen molar-refractivity contribution < 1.29 is 14.3 Å². The van der Waals surface area contributed by atoms with Crippen molar-refractivity contribution in [3.63, 3.8) is 0 Å². The molecule has 0 atom stereocenters. The average molecular weight is 343 g/mol. The van der Waals surface area contributed by atoms with Gasteiger partial charge in [-0.25, -0.2) is 4.79 Å². The lowest BCUT2D eigenvalue weighted by Gasteiger charge is -2.04. The zero-order chi connectivity index (χ0) is 15.4. The normalized spacial score (nSPS) is 10.4. The molecule has 1 N–H and O–H groups in total. The van der Waals surface area contributed by atoms with Crippen molar-refractivity contribution in [1.82, 2.24) is 10.2 Å². The van der Waals surface area contributed by atoms with Gasteiger partial charge in [0.15, 0.2) is 4.34 Å². The van der Waals surface area contributed by atoms with Crippen LogP contribution >= 0.6 is 34.4 Å². The van der Waals surface area contributed by atoms with Gasteiger partial charge in [-0.1, -0.05) is 23.1 Å². The van der Waals surface area contributed by atoms with Crippen LogP contribution in [0.15, 0.2) is 10.4 Å². The second-order valence-electron chi connectivity index (χ2n) is 4.02. The maximum absolute atomic E-state index is 11.9. The summed E-state index contributed by atoms with van der Waals surface area (Å²) in [5, 5.41) is 11.9. The molecule has 6 nitrogen and oxygen atoms in total. The number of carbonyl (C=O) groups is 2. The first-order valence-corrected chi connectivity index (χ1v) is 8.53. The molecule has 2 aromatic rings. The third kappa shape index (κ3) is 4.26. The van der Waals surface area contributed by atoms with E-state index in [-0.39, 0.29) is 11.7 Å². The molecule has 0 aliphatic carbocycles. The summed E-state index contributed by atoms with van der Waals surface area (Å²) in [5.41, 5.74) is 0.380. The standard InChI is InChI=1S/C12H13N3O3S3/c1-6-4-8(11(17)18-3)10(20-6)13-9(16)5-19-12-15-14-7(2)21-12/h4H,5H2,1-3H3,(H,13,16). The summed E-state index contributed by atoms with van der Waals surface area (Å²) < 4.78 is 5.45. The Morgan fingerprint density at radius 2 is 2.10 bits per heavy atom. The lowest BCUT2D eigenvalue weighted by atomic mass is 10.3. The predicted molar refractivity (Wildman–Crippen MR) is 84.4 cm³/mol. The fourth-order valence-corrected chi connectivity index (χ4v) is 4.03. The number of methoxy groups -OCH3 is 1. The zero-order valence-corrected chi connectivity index (χ0v) is 14.1. The molecule has 21 heavy (non-hydrogen) atoms. The fourth-order valence-electron chi connectivity index (χ4n) is 1.50. The molecule has 0 fully saturated rings. The van der Waals surface area contributed by atoms with Gasteiger partial charge in [0.25, 0.3) is 0 Å². The molecular weight excluding hydrogens is 330 g/mol. The van der Waals surface area contributed by atoms with Crippen molar-refractivity contribution in [2.24, 2.45) is 0 Å². The third-order valence-corrected chi connectivity index (χ3v) is 5.29. The molecule has 0 radical (unpaired) electrons. The Morgan fingerprint density at radius 3 is 2.71 bits per heavy atom. The highest BCUT2D eigenvalue weighted by Crippen LogP contribution is 2.29. The first-order chi connectivity index (χ1) is 9.99. The minimum Gasteiger partial charge on any atom is -0.465 e. The first-order valence-electron chi connectivity index (χ1n) is 5.91. The van der Waals surface area contributed by atoms with Crippen LogP contribution < -0.4 is 5.32 Å². The van der Waals surface area contributed by atoms with Gasteiger partial charge < -0.3 is 10.1 Å². The van der Waals surface area contributed by atoms with Gasteiger partial charge in [0, 0.05) is 4.88 Å². The lowest BCUT2D eigenvalue weighted by Crippen LogP contribution is -2.15. The molecule has 0 aliphatic rings. The van der Waals surface area contributed by atoms with Crippen molar-refractivity contribution in [3.8, 4) is 0 Å². The van der Waals surface area contributed by atoms with Crippen molar-refractivity contribution in [3.05, 3.63) is 21.5 Å². The van der Waals surface area contributed by atoms with Crippen molar-refractivity contribution in [2.45, 2.75) is 18.2 Å². The lowest BCUT2D eigenvalue weighted by molar-refractivity contribution is -0.113. The number of rotatable bonds is 5. The minimum absolute atomic E-state index is 0.195. The molecule has 0 spiro atoms. The summed E-state index contributed by atoms with van der Waals surface area (Å²) in [6.45, 7) is 3.73. The highest BCUT2D eigenvalue weighted by atomic mass is 32.2. The number of thioether (sulfide) groups is 1. The summed E-state index contributed by atoms with van der Waals surface area (Å²) in [4.78, 5) is 24.5. The number of anilines is 1. The van der Waals surface area contributed by atoms with Gasteiger partial charge in [-0.05, 0) is 19.9 Å². The minimum atomic E-state index is -0.456. The SMILES string of the molecule is COC(=O)c1cc(C)sc1NC(=O)CSc1nnc(C)s1. The number of carbonyl (C=O) groups excluding carboxylic acids is 2. The first kappa shape index (κ1) is 15.9. The van der Waals surface area contributed by atoms with Gasteiger partial charge in [0.2, 0.25) is 5.91 Å². The van der Waals surface area contributed by atoms with Crippen LogP contribution in [0.5, 0.6) is 0 Å². The number of hydrogen-bond donors (Lipinski definition) is 1. The van der Waals surface area contributed by atoms with E-state index in [1.54, 1.807) is 6.07 Å². The molecule has 1 amide bonds. The van der Waals surface area contributed by atoms with E-state index in [1.165, 1.54) is 41.5 Å². The predicted octanol–water partition coefficient (Wildman–Crippen LogP) is 2.73. The van der Waals surface area contributed by atoms with Crippen molar-refractivity contribution in [2.75, 3.05) is 18.2 Å². The number of amides is 1. The molecule has 0 aromatic carbocycles. The molecule has 112 valence electrons. The van der Waals surface area contributed by atoms with E-state index in [0.717, 1.165) is 14.2 Å². The molecule has 2 aromatic heterocycles. The number of thiophene rings is 1. The number of nitrogens with zero attached hydrogens (tertiary/aromatic N) is 2. The topological polar surface area (TPSA) is 81.2 Å². The summed E-state index contributed by atoms with van der Waals surface area (Å²) in [5.74, 6) is -0.437. The van der Waals surface area contributed by atoms with Crippen LogP contribution in [-0.4, -0.2) is 34.9 Å². The van der Waals surface area contributed by atoms with Crippen LogP contribution in [0.1, 0.15) is 20.2 Å². The van der Waals surface area contributed by atoms with Crippen LogP contribution in [0.25, 0.3) is 0 Å². The summed E-state index contributed by atoms with van der Waals surface area (Å²) in [7, 11) is 1.31. The van der Waals surface area contributed by atoms with Crippen LogP contribution in [0.4, 0.5) is 5.00 Å². The quantitative estimate of drug-likeness (QED) is 0.664. The van der Waals surface area contributed by atoms with Crippen molar-refractivity contribution in [1.29, 1.82) is 0 Å². The second-order valence-corrected chi connectivity index (χ2v) is 7.68. The molecule has 0 aliphatic heterocycles. The van der Waals surface area contributed by atoms with E-state index >= 15 is 0 Å². The molecule has 0 saturated heterocycles. The Hall–Kier alpha value is -1.45. The maximum Gasteiger partial charge on any atom is 0.340 e. The summed E-state index contributed by atoms with van der Waals surface area (Å²) in [6, 6.07) is 1.70. The third-order valence-electron chi connectivity index (χ3n) is 2.35. The largest absolute Gasteiger partial charge is 0.465 e. The van der Waals surface area contributed by atoms with Gasteiger partial charge in [0.05, 0.1) is 18.4 Å². The Kier molecular flexibility index (Phi) is 5.32. The van der Waals surface area contributed by atoms with Gasteiger partial charge in [-0.3, -0.25) is 4.79 Å². The van der Waals surface area contributed by atoms with E-state index < -0.39 is 5.97 Å². The number of ether oxygens (including phenoxy) is 1. The number of aryl methyl sites for hydroxylation is 2. The van der Waals surface area contributed by atoms with Crippen LogP contribution in [-0.2, 0) is 9.53 Å². The molecule has 2 rings (SSSR count). The fraction of sp³-hybridized carbons (Fsp3) is 0.333. The summed E-state index contributed by atoms with van der Waals surface area (Å²) in [6.07, 6.45) is 0. The molecular formula is C12H13N3O3S3. The smallest absolute Gasteiger partial charge is 0.340 e. The molecule has 2 heterocycles. The highest BCUT2D eigenvalue weighted by molar-refractivity contribution is 8.01. The van der Waals surface area contributed by atoms with E-state index in [9.17, 15) is 9.59 Å². The summed E-state index contributed by atoms with van der Waals surface area (Å²) >= 11 is 4.10. The van der Waals surface area contributed by atoms with E-state index in [4.69, 9.17) is 4.74 Å². The number of nitrogens with one attached hydrogen (secondary N) is 1. The van der Waals surface area contributed by atoms with Crippen LogP contribution in [0.2, 0.25) is 0 Å². The Morgan fingerprint density at radius 1 is 1.33 bits per heavy atom. The van der Waals surface area contributed by atoms with Crippen LogP contribution in [0.3, 0.4) is 0 Å². The van der Waals surface area contributed by atoms with Gasteiger partial charge in [0.1, 0.15) is 10.0 Å².